The Morgan fingerprint density at radius 2 is 1.57 bits per heavy atom. The number of sulfonamides is 1. The van der Waals surface area contributed by atoms with E-state index in [-0.39, 0.29) is 28.7 Å². The van der Waals surface area contributed by atoms with Crippen LogP contribution >= 0.6 is 0 Å². The van der Waals surface area contributed by atoms with Gasteiger partial charge in [-0.15, -0.1) is 0 Å². The molecule has 1 aromatic carbocycles. The largest absolute Gasteiger partial charge is 0.349 e. The minimum Gasteiger partial charge on any atom is -0.349 e. The standard InChI is InChI=1S/C21H24N4O4S/c26-20(23-17-9-13-25(14-10-17)21(27)16-1-2-16)15-3-5-19(6-4-15)30(28,29)24-18-7-11-22-12-8-18/h3-8,11-12,16-17H,1-2,9-10,13-14H2,(H,22,24)(H,23,26). The number of benzene rings is 1. The van der Waals surface area contributed by atoms with Crippen LogP contribution in [0.5, 0.6) is 0 Å². The van der Waals surface area contributed by atoms with Crippen LogP contribution in [0.15, 0.2) is 53.7 Å². The molecule has 2 aromatic rings. The number of nitrogens with zero attached hydrogens (tertiary/aromatic N) is 2. The Hall–Kier alpha value is -2.94. The zero-order chi connectivity index (χ0) is 21.1. The van der Waals surface area contributed by atoms with Crippen LogP contribution in [0.1, 0.15) is 36.0 Å². The maximum Gasteiger partial charge on any atom is 0.261 e. The van der Waals surface area contributed by atoms with Crippen LogP contribution in [0, 0.1) is 5.92 Å². The van der Waals surface area contributed by atoms with E-state index in [1.165, 1.54) is 36.7 Å². The number of aromatic nitrogens is 1. The maximum absolute atomic E-state index is 12.5. The fraction of sp³-hybridized carbons (Fsp3) is 0.381. The number of piperidine rings is 1. The monoisotopic (exact) mass is 428 g/mol. The van der Waals surface area contributed by atoms with Gasteiger partial charge in [0.25, 0.3) is 15.9 Å². The molecule has 30 heavy (non-hydrogen) atoms. The SMILES string of the molecule is O=C(NC1CCN(C(=O)C2CC2)CC1)c1ccc(S(=O)(=O)Nc2ccncc2)cc1. The molecule has 2 fully saturated rings. The molecule has 0 bridgehead atoms. The van der Waals surface area contributed by atoms with Crippen molar-refractivity contribution in [3.8, 4) is 0 Å². The van der Waals surface area contributed by atoms with E-state index in [1.807, 2.05) is 4.90 Å². The fourth-order valence-electron chi connectivity index (χ4n) is 3.52. The second-order valence-corrected chi connectivity index (χ2v) is 9.40. The van der Waals surface area contributed by atoms with E-state index in [1.54, 1.807) is 12.1 Å². The Bertz CT molecular complexity index is 1010. The second kappa shape index (κ2) is 8.43. The topological polar surface area (TPSA) is 108 Å². The summed E-state index contributed by atoms with van der Waals surface area (Å²) in [6.07, 6.45) is 6.45. The van der Waals surface area contributed by atoms with Gasteiger partial charge in [0.15, 0.2) is 0 Å². The third-order valence-electron chi connectivity index (χ3n) is 5.43. The highest BCUT2D eigenvalue weighted by Crippen LogP contribution is 2.31. The molecule has 1 saturated carbocycles. The van der Waals surface area contributed by atoms with Gasteiger partial charge in [0, 0.05) is 43.0 Å². The van der Waals surface area contributed by atoms with Gasteiger partial charge in [0.1, 0.15) is 0 Å². The van der Waals surface area contributed by atoms with Crippen molar-refractivity contribution in [3.05, 3.63) is 54.4 Å². The molecule has 2 amide bonds. The third kappa shape index (κ3) is 4.79. The Labute approximate surface area is 175 Å². The summed E-state index contributed by atoms with van der Waals surface area (Å²) < 4.78 is 27.4. The molecule has 158 valence electrons. The molecule has 1 aliphatic carbocycles. The first-order valence-corrected chi connectivity index (χ1v) is 11.5. The first-order valence-electron chi connectivity index (χ1n) is 10.0. The average Bonchev–Trinajstić information content (AvgIpc) is 3.60. The molecule has 0 spiro atoms. The molecule has 1 saturated heterocycles. The summed E-state index contributed by atoms with van der Waals surface area (Å²) in [5, 5.41) is 2.99. The van der Waals surface area contributed by atoms with Crippen LogP contribution in [0.4, 0.5) is 5.69 Å². The highest BCUT2D eigenvalue weighted by molar-refractivity contribution is 7.92. The molecule has 0 radical (unpaired) electrons. The number of carbonyl (C=O) groups excluding carboxylic acids is 2. The molecular weight excluding hydrogens is 404 g/mol. The zero-order valence-corrected chi connectivity index (χ0v) is 17.3. The summed E-state index contributed by atoms with van der Waals surface area (Å²) >= 11 is 0. The van der Waals surface area contributed by atoms with Gasteiger partial charge in [-0.25, -0.2) is 8.42 Å². The van der Waals surface area contributed by atoms with E-state index >= 15 is 0 Å². The van der Waals surface area contributed by atoms with Gasteiger partial charge in [-0.3, -0.25) is 19.3 Å². The van der Waals surface area contributed by atoms with Crippen LogP contribution in [-0.2, 0) is 14.8 Å². The van der Waals surface area contributed by atoms with Gasteiger partial charge in [-0.1, -0.05) is 0 Å². The van der Waals surface area contributed by atoms with E-state index in [4.69, 9.17) is 0 Å². The van der Waals surface area contributed by atoms with Crippen LogP contribution in [0.2, 0.25) is 0 Å². The Balaban J connectivity index is 1.32. The van der Waals surface area contributed by atoms with Crippen molar-refractivity contribution in [2.24, 2.45) is 5.92 Å². The summed E-state index contributed by atoms with van der Waals surface area (Å²) in [7, 11) is -3.75. The normalized spacial score (nSPS) is 17.4. The molecule has 4 rings (SSSR count). The smallest absolute Gasteiger partial charge is 0.261 e. The molecular formula is C21H24N4O4S. The summed E-state index contributed by atoms with van der Waals surface area (Å²) in [4.78, 5) is 30.5. The third-order valence-corrected chi connectivity index (χ3v) is 6.82. The highest BCUT2D eigenvalue weighted by atomic mass is 32.2. The van der Waals surface area contributed by atoms with Gasteiger partial charge in [-0.2, -0.15) is 0 Å². The van der Waals surface area contributed by atoms with Crippen molar-refractivity contribution in [2.75, 3.05) is 17.8 Å². The van der Waals surface area contributed by atoms with E-state index in [9.17, 15) is 18.0 Å². The van der Waals surface area contributed by atoms with Crippen molar-refractivity contribution in [2.45, 2.75) is 36.6 Å². The number of carbonyl (C=O) groups is 2. The molecule has 1 aliphatic heterocycles. The minimum atomic E-state index is -3.75. The predicted octanol–water partition coefficient (Wildman–Crippen LogP) is 2.01. The van der Waals surface area contributed by atoms with E-state index < -0.39 is 10.0 Å². The van der Waals surface area contributed by atoms with E-state index in [0.29, 0.717) is 24.3 Å². The van der Waals surface area contributed by atoms with E-state index in [2.05, 4.69) is 15.0 Å². The molecule has 0 unspecified atom stereocenters. The van der Waals surface area contributed by atoms with Gasteiger partial charge >= 0.3 is 0 Å². The predicted molar refractivity (Wildman–Crippen MR) is 111 cm³/mol. The number of pyridine rings is 1. The van der Waals surface area contributed by atoms with E-state index in [0.717, 1.165) is 25.7 Å². The minimum absolute atomic E-state index is 0.0116. The lowest BCUT2D eigenvalue weighted by atomic mass is 10.0. The highest BCUT2D eigenvalue weighted by Gasteiger charge is 2.35. The van der Waals surface area contributed by atoms with Gasteiger partial charge < -0.3 is 10.2 Å². The lowest BCUT2D eigenvalue weighted by Crippen LogP contribution is -2.47. The number of hydrogen-bond acceptors (Lipinski definition) is 5. The van der Waals surface area contributed by atoms with Gasteiger partial charge in [0.05, 0.1) is 10.6 Å². The number of rotatable bonds is 6. The number of hydrogen-bond donors (Lipinski definition) is 2. The molecule has 2 heterocycles. The Morgan fingerprint density at radius 1 is 0.933 bits per heavy atom. The molecule has 2 N–H and O–H groups in total. The average molecular weight is 429 g/mol. The van der Waals surface area contributed by atoms with Crippen molar-refractivity contribution < 1.29 is 18.0 Å². The molecule has 0 atom stereocenters. The summed E-state index contributed by atoms with van der Waals surface area (Å²) in [6.45, 7) is 1.33. The summed E-state index contributed by atoms with van der Waals surface area (Å²) in [6, 6.07) is 8.96. The van der Waals surface area contributed by atoms with Crippen molar-refractivity contribution in [1.82, 2.24) is 15.2 Å². The Morgan fingerprint density at radius 3 is 2.17 bits per heavy atom. The van der Waals surface area contributed by atoms with Gasteiger partial charge in [0.2, 0.25) is 5.91 Å². The van der Waals surface area contributed by atoms with Crippen LogP contribution in [0.3, 0.4) is 0 Å². The van der Waals surface area contributed by atoms with Crippen molar-refractivity contribution in [1.29, 1.82) is 0 Å². The molecule has 9 heteroatoms. The summed E-state index contributed by atoms with van der Waals surface area (Å²) in [5.41, 5.74) is 0.813. The Kier molecular flexibility index (Phi) is 5.72. The molecule has 1 aromatic heterocycles. The van der Waals surface area contributed by atoms with Crippen molar-refractivity contribution >= 4 is 27.5 Å². The number of anilines is 1. The van der Waals surface area contributed by atoms with Crippen LogP contribution in [-0.4, -0.2) is 49.2 Å². The van der Waals surface area contributed by atoms with Gasteiger partial charge in [-0.05, 0) is 62.1 Å². The lowest BCUT2D eigenvalue weighted by molar-refractivity contribution is -0.133. The quantitative estimate of drug-likeness (QED) is 0.732. The van der Waals surface area contributed by atoms with Crippen LogP contribution in [0.25, 0.3) is 0 Å². The fourth-order valence-corrected chi connectivity index (χ4v) is 4.58. The maximum atomic E-state index is 12.5. The first-order chi connectivity index (χ1) is 14.4. The number of nitrogens with one attached hydrogen (secondary N) is 2. The lowest BCUT2D eigenvalue weighted by Gasteiger charge is -2.32. The summed E-state index contributed by atoms with van der Waals surface area (Å²) in [5.74, 6) is 0.226. The first kappa shape index (κ1) is 20.3. The zero-order valence-electron chi connectivity index (χ0n) is 16.5. The molecule has 2 aliphatic rings. The number of amides is 2. The second-order valence-electron chi connectivity index (χ2n) is 7.71. The molecule has 8 nitrogen and oxygen atoms in total. The number of likely N-dealkylation sites (tertiary alicyclic amines) is 1. The van der Waals surface area contributed by atoms with Crippen LogP contribution < -0.4 is 10.0 Å². The van der Waals surface area contributed by atoms with Crippen molar-refractivity contribution in [3.63, 3.8) is 0 Å².